The fourth-order valence-electron chi connectivity index (χ4n) is 3.99. The number of nitrogens with zero attached hydrogens (tertiary/aromatic N) is 4. The highest BCUT2D eigenvalue weighted by molar-refractivity contribution is 5.75. The summed E-state index contributed by atoms with van der Waals surface area (Å²) in [6.07, 6.45) is -1.33. The second-order valence-electron chi connectivity index (χ2n) is 7.66. The SMILES string of the molecule is CCC(=O)NC1CCC2CN(c3nc(N(C)C)cc(C(F)(F)F)n3)CC2C1. The standard InChI is InChI=1S/C18H26F3N5O/c1-4-16(27)22-13-6-5-11-9-26(10-12(11)7-13)17-23-14(18(19,20)21)8-15(24-17)25(2)3/h8,11-13H,4-7,9-10H2,1-3H3,(H,22,27). The van der Waals surface area contributed by atoms with Crippen LogP contribution in [-0.4, -0.2) is 49.1 Å². The van der Waals surface area contributed by atoms with Gasteiger partial charge >= 0.3 is 6.18 Å². The van der Waals surface area contributed by atoms with Gasteiger partial charge in [-0.15, -0.1) is 0 Å². The third-order valence-corrected chi connectivity index (χ3v) is 5.47. The predicted octanol–water partition coefficient (Wildman–Crippen LogP) is 2.69. The number of nitrogens with one attached hydrogen (secondary N) is 1. The summed E-state index contributed by atoms with van der Waals surface area (Å²) in [6.45, 7) is 3.11. The lowest BCUT2D eigenvalue weighted by atomic mass is 9.79. The van der Waals surface area contributed by atoms with E-state index >= 15 is 0 Å². The minimum Gasteiger partial charge on any atom is -0.363 e. The maximum Gasteiger partial charge on any atom is 0.433 e. The lowest BCUT2D eigenvalue weighted by molar-refractivity contribution is -0.141. The van der Waals surface area contributed by atoms with E-state index in [0.717, 1.165) is 25.3 Å². The lowest BCUT2D eigenvalue weighted by Crippen LogP contribution is -2.40. The number of carbonyl (C=O) groups is 1. The molecule has 150 valence electrons. The van der Waals surface area contributed by atoms with Crippen LogP contribution in [0.5, 0.6) is 0 Å². The molecule has 1 aromatic heterocycles. The Morgan fingerprint density at radius 1 is 1.26 bits per heavy atom. The van der Waals surface area contributed by atoms with E-state index in [1.807, 2.05) is 11.8 Å². The molecule has 1 N–H and O–H groups in total. The summed E-state index contributed by atoms with van der Waals surface area (Å²) in [5.41, 5.74) is -0.917. The molecular weight excluding hydrogens is 359 g/mol. The van der Waals surface area contributed by atoms with E-state index in [9.17, 15) is 18.0 Å². The topological polar surface area (TPSA) is 61.4 Å². The molecule has 0 bridgehead atoms. The Kier molecular flexibility index (Phi) is 5.48. The summed E-state index contributed by atoms with van der Waals surface area (Å²) in [4.78, 5) is 23.2. The number of fused-ring (bicyclic) bond motifs is 1. The van der Waals surface area contributed by atoms with Crippen molar-refractivity contribution in [1.29, 1.82) is 0 Å². The van der Waals surface area contributed by atoms with Crippen molar-refractivity contribution in [3.63, 3.8) is 0 Å². The fourth-order valence-corrected chi connectivity index (χ4v) is 3.99. The molecule has 1 aromatic rings. The molecule has 1 saturated carbocycles. The Morgan fingerprint density at radius 2 is 1.96 bits per heavy atom. The van der Waals surface area contributed by atoms with Gasteiger partial charge in [0.2, 0.25) is 11.9 Å². The number of hydrogen-bond donors (Lipinski definition) is 1. The summed E-state index contributed by atoms with van der Waals surface area (Å²) < 4.78 is 39.7. The average molecular weight is 385 g/mol. The number of halogens is 3. The highest BCUT2D eigenvalue weighted by atomic mass is 19.4. The molecule has 9 heteroatoms. The van der Waals surface area contributed by atoms with Gasteiger partial charge in [0.1, 0.15) is 5.82 Å². The van der Waals surface area contributed by atoms with Gasteiger partial charge in [-0.2, -0.15) is 18.2 Å². The molecule has 27 heavy (non-hydrogen) atoms. The van der Waals surface area contributed by atoms with Crippen molar-refractivity contribution in [2.75, 3.05) is 37.0 Å². The normalized spacial score (nSPS) is 25.3. The van der Waals surface area contributed by atoms with E-state index in [2.05, 4.69) is 15.3 Å². The minimum atomic E-state index is -4.51. The second-order valence-corrected chi connectivity index (χ2v) is 7.66. The van der Waals surface area contributed by atoms with E-state index < -0.39 is 11.9 Å². The van der Waals surface area contributed by atoms with Crippen LogP contribution in [0.3, 0.4) is 0 Å². The Morgan fingerprint density at radius 3 is 2.59 bits per heavy atom. The molecule has 2 fully saturated rings. The number of anilines is 2. The maximum atomic E-state index is 13.2. The Bertz CT molecular complexity index is 694. The van der Waals surface area contributed by atoms with Crippen LogP contribution in [0, 0.1) is 11.8 Å². The number of alkyl halides is 3. The number of aromatic nitrogens is 2. The molecule has 6 nitrogen and oxygen atoms in total. The summed E-state index contributed by atoms with van der Waals surface area (Å²) in [6, 6.07) is 1.13. The number of rotatable bonds is 4. The Balaban J connectivity index is 1.77. The van der Waals surface area contributed by atoms with Gasteiger partial charge < -0.3 is 15.1 Å². The molecule has 1 saturated heterocycles. The van der Waals surface area contributed by atoms with Crippen LogP contribution in [0.25, 0.3) is 0 Å². The van der Waals surface area contributed by atoms with Crippen LogP contribution in [0.2, 0.25) is 0 Å². The molecule has 1 aliphatic carbocycles. The molecule has 1 amide bonds. The van der Waals surface area contributed by atoms with E-state index in [0.29, 0.717) is 31.3 Å². The Hall–Kier alpha value is -2.06. The van der Waals surface area contributed by atoms with E-state index in [1.165, 1.54) is 0 Å². The zero-order chi connectivity index (χ0) is 19.8. The first-order chi connectivity index (χ1) is 12.7. The molecule has 3 rings (SSSR count). The van der Waals surface area contributed by atoms with Crippen molar-refractivity contribution in [3.8, 4) is 0 Å². The average Bonchev–Trinajstić information content (AvgIpc) is 3.03. The van der Waals surface area contributed by atoms with Gasteiger partial charge in [-0.05, 0) is 31.1 Å². The van der Waals surface area contributed by atoms with Crippen LogP contribution < -0.4 is 15.1 Å². The van der Waals surface area contributed by atoms with Crippen molar-refractivity contribution in [2.24, 2.45) is 11.8 Å². The van der Waals surface area contributed by atoms with Crippen LogP contribution in [0.1, 0.15) is 38.3 Å². The molecule has 0 spiro atoms. The smallest absolute Gasteiger partial charge is 0.363 e. The van der Waals surface area contributed by atoms with Gasteiger partial charge in [-0.1, -0.05) is 6.92 Å². The molecule has 2 aliphatic rings. The second kappa shape index (κ2) is 7.52. The monoisotopic (exact) mass is 385 g/mol. The zero-order valence-electron chi connectivity index (χ0n) is 15.9. The van der Waals surface area contributed by atoms with Gasteiger partial charge in [0.05, 0.1) is 0 Å². The highest BCUT2D eigenvalue weighted by Gasteiger charge is 2.40. The molecular formula is C18H26F3N5O. The van der Waals surface area contributed by atoms with E-state index in [4.69, 9.17) is 0 Å². The molecule has 0 radical (unpaired) electrons. The van der Waals surface area contributed by atoms with Crippen molar-refractivity contribution >= 4 is 17.7 Å². The third kappa shape index (κ3) is 4.44. The summed E-state index contributed by atoms with van der Waals surface area (Å²) in [5, 5.41) is 3.04. The molecule has 0 aromatic carbocycles. The van der Waals surface area contributed by atoms with Gasteiger partial charge in [0, 0.05) is 45.7 Å². The van der Waals surface area contributed by atoms with Crippen molar-refractivity contribution in [2.45, 2.75) is 44.8 Å². The summed E-state index contributed by atoms with van der Waals surface area (Å²) in [5.74, 6) is 1.17. The molecule has 3 atom stereocenters. The summed E-state index contributed by atoms with van der Waals surface area (Å²) in [7, 11) is 3.33. The molecule has 2 heterocycles. The number of carbonyl (C=O) groups excluding carboxylic acids is 1. The fraction of sp³-hybridized carbons (Fsp3) is 0.722. The summed E-state index contributed by atoms with van der Waals surface area (Å²) >= 11 is 0. The molecule has 1 aliphatic heterocycles. The first-order valence-electron chi connectivity index (χ1n) is 9.35. The molecule has 3 unspecified atom stereocenters. The zero-order valence-corrected chi connectivity index (χ0v) is 15.9. The van der Waals surface area contributed by atoms with Crippen LogP contribution >= 0.6 is 0 Å². The van der Waals surface area contributed by atoms with E-state index in [1.54, 1.807) is 19.0 Å². The van der Waals surface area contributed by atoms with Crippen LogP contribution in [0.15, 0.2) is 6.07 Å². The predicted molar refractivity (Wildman–Crippen MR) is 96.6 cm³/mol. The first-order valence-corrected chi connectivity index (χ1v) is 9.35. The minimum absolute atomic E-state index is 0.0464. The maximum absolute atomic E-state index is 13.2. The highest BCUT2D eigenvalue weighted by Crippen LogP contribution is 2.38. The van der Waals surface area contributed by atoms with Crippen LogP contribution in [-0.2, 0) is 11.0 Å². The third-order valence-electron chi connectivity index (χ3n) is 5.47. The van der Waals surface area contributed by atoms with Crippen molar-refractivity contribution < 1.29 is 18.0 Å². The quantitative estimate of drug-likeness (QED) is 0.864. The first kappa shape index (κ1) is 19.7. The van der Waals surface area contributed by atoms with E-state index in [-0.39, 0.29) is 23.7 Å². The van der Waals surface area contributed by atoms with Gasteiger partial charge in [-0.3, -0.25) is 4.79 Å². The van der Waals surface area contributed by atoms with Crippen molar-refractivity contribution in [3.05, 3.63) is 11.8 Å². The van der Waals surface area contributed by atoms with Crippen LogP contribution in [0.4, 0.5) is 24.9 Å². The van der Waals surface area contributed by atoms with Gasteiger partial charge in [-0.25, -0.2) is 4.98 Å². The lowest BCUT2D eigenvalue weighted by Gasteiger charge is -2.31. The van der Waals surface area contributed by atoms with Gasteiger partial charge in [0.25, 0.3) is 0 Å². The largest absolute Gasteiger partial charge is 0.433 e. The number of hydrogen-bond acceptors (Lipinski definition) is 5. The Labute approximate surface area is 157 Å². The number of amides is 1. The van der Waals surface area contributed by atoms with Crippen molar-refractivity contribution in [1.82, 2.24) is 15.3 Å². The van der Waals surface area contributed by atoms with Gasteiger partial charge in [0.15, 0.2) is 5.69 Å².